The molecule has 0 radical (unpaired) electrons. The van der Waals surface area contributed by atoms with E-state index in [1.807, 2.05) is 30.3 Å². The molecule has 2 aliphatic heterocycles. The summed E-state index contributed by atoms with van der Waals surface area (Å²) in [5, 5.41) is 4.07. The Morgan fingerprint density at radius 1 is 1.07 bits per heavy atom. The Kier molecular flexibility index (Phi) is 4.49. The number of carbonyl (C=O) groups excluding carboxylic acids is 1. The van der Waals surface area contributed by atoms with Crippen molar-refractivity contribution < 1.29 is 17.7 Å². The average molecular weight is 416 g/mol. The lowest BCUT2D eigenvalue weighted by atomic mass is 9.81. The highest BCUT2D eigenvalue weighted by atomic mass is 32.2. The van der Waals surface area contributed by atoms with E-state index in [0.29, 0.717) is 18.1 Å². The monoisotopic (exact) mass is 415 g/mol. The molecule has 1 saturated carbocycles. The summed E-state index contributed by atoms with van der Waals surface area (Å²) in [7, 11) is -3.32. The first-order chi connectivity index (χ1) is 14.0. The molecule has 1 unspecified atom stereocenters. The fraction of sp³-hybridized carbons (Fsp3) is 0.571. The molecule has 1 aliphatic carbocycles. The van der Waals surface area contributed by atoms with Crippen LogP contribution in [-0.2, 0) is 14.6 Å². The van der Waals surface area contributed by atoms with Crippen molar-refractivity contribution in [1.29, 1.82) is 0 Å². The third kappa shape index (κ3) is 2.99. The van der Waals surface area contributed by atoms with Crippen molar-refractivity contribution in [2.24, 2.45) is 5.92 Å². The van der Waals surface area contributed by atoms with Gasteiger partial charge in [-0.1, -0.05) is 54.8 Å². The number of amides is 1. The van der Waals surface area contributed by atoms with Gasteiger partial charge < -0.3 is 9.42 Å². The lowest BCUT2D eigenvalue weighted by molar-refractivity contribution is -0.142. The van der Waals surface area contributed by atoms with Crippen LogP contribution in [0.4, 0.5) is 0 Å². The van der Waals surface area contributed by atoms with E-state index in [-0.39, 0.29) is 36.6 Å². The number of nitrogens with zero attached hydrogens (tertiary/aromatic N) is 3. The first kappa shape index (κ1) is 18.8. The molecule has 2 aromatic rings. The summed E-state index contributed by atoms with van der Waals surface area (Å²) in [6.07, 6.45) is 5.65. The lowest BCUT2D eigenvalue weighted by Crippen LogP contribution is -2.68. The van der Waals surface area contributed by atoms with Gasteiger partial charge in [0.1, 0.15) is 4.75 Å². The molecule has 3 heterocycles. The number of sulfone groups is 1. The molecule has 154 valence electrons. The Morgan fingerprint density at radius 2 is 1.79 bits per heavy atom. The second kappa shape index (κ2) is 6.93. The molecule has 0 bridgehead atoms. The minimum absolute atomic E-state index is 0.0525. The Labute approximate surface area is 170 Å². The number of likely N-dealkylation sites (tertiary alicyclic amines) is 1. The van der Waals surface area contributed by atoms with E-state index in [0.717, 1.165) is 31.2 Å². The van der Waals surface area contributed by atoms with Crippen LogP contribution in [0.3, 0.4) is 0 Å². The molecule has 29 heavy (non-hydrogen) atoms. The smallest absolute Gasteiger partial charge is 0.231 e. The van der Waals surface area contributed by atoms with Gasteiger partial charge in [0.05, 0.1) is 11.7 Å². The van der Waals surface area contributed by atoms with E-state index < -0.39 is 14.6 Å². The van der Waals surface area contributed by atoms with Gasteiger partial charge in [-0.15, -0.1) is 0 Å². The molecule has 1 aromatic heterocycles. The van der Waals surface area contributed by atoms with Gasteiger partial charge in [-0.2, -0.15) is 4.98 Å². The predicted molar refractivity (Wildman–Crippen MR) is 107 cm³/mol. The van der Waals surface area contributed by atoms with Crippen LogP contribution in [0.1, 0.15) is 50.3 Å². The fourth-order valence-corrected chi connectivity index (χ4v) is 7.48. The lowest BCUT2D eigenvalue weighted by Gasteiger charge is -2.50. The normalized spacial score (nSPS) is 25.8. The van der Waals surface area contributed by atoms with Gasteiger partial charge in [-0.25, -0.2) is 8.42 Å². The summed E-state index contributed by atoms with van der Waals surface area (Å²) in [5.41, 5.74) is 0.833. The molecule has 1 spiro atoms. The number of carbonyl (C=O) groups is 1. The standard InChI is InChI=1S/C21H25N3O4S/c25-20(16-9-5-2-6-10-16)24-13-21(14-24)17(11-12-29(21,26)27)19-22-18(23-28-19)15-7-3-1-4-8-15/h1,3-4,7-8,16-17H,2,5-6,9-14H2. The number of rotatable bonds is 3. The van der Waals surface area contributed by atoms with Gasteiger partial charge in [0.2, 0.25) is 17.6 Å². The van der Waals surface area contributed by atoms with Crippen LogP contribution < -0.4 is 0 Å². The molecule has 5 rings (SSSR count). The van der Waals surface area contributed by atoms with Crippen LogP contribution >= 0.6 is 0 Å². The summed E-state index contributed by atoms with van der Waals surface area (Å²) >= 11 is 0. The van der Waals surface area contributed by atoms with Crippen molar-refractivity contribution in [2.75, 3.05) is 18.8 Å². The molecular formula is C21H25N3O4S. The summed E-state index contributed by atoms with van der Waals surface area (Å²) in [5.74, 6) is 0.757. The van der Waals surface area contributed by atoms with Crippen molar-refractivity contribution in [3.63, 3.8) is 0 Å². The molecule has 2 saturated heterocycles. The van der Waals surface area contributed by atoms with Crippen LogP contribution in [0.15, 0.2) is 34.9 Å². The molecule has 1 atom stereocenters. The SMILES string of the molecule is O=C(C1CCCCC1)N1CC2(C1)C(c1nc(-c3ccccc3)no1)CCS2(=O)=O. The van der Waals surface area contributed by atoms with Crippen LogP contribution in [-0.4, -0.2) is 53.0 Å². The third-order valence-electron chi connectivity index (χ3n) is 6.88. The molecule has 3 aliphatic rings. The van der Waals surface area contributed by atoms with Crippen molar-refractivity contribution >= 4 is 15.7 Å². The first-order valence-electron chi connectivity index (χ1n) is 10.4. The topological polar surface area (TPSA) is 93.4 Å². The maximum atomic E-state index is 12.9. The van der Waals surface area contributed by atoms with Crippen LogP contribution in [0.2, 0.25) is 0 Å². The highest BCUT2D eigenvalue weighted by Gasteiger charge is 2.64. The maximum Gasteiger partial charge on any atom is 0.231 e. The van der Waals surface area contributed by atoms with Crippen molar-refractivity contribution in [2.45, 2.75) is 49.2 Å². The highest BCUT2D eigenvalue weighted by Crippen LogP contribution is 2.50. The van der Waals surface area contributed by atoms with Gasteiger partial charge in [0.15, 0.2) is 9.84 Å². The Hall–Kier alpha value is -2.22. The van der Waals surface area contributed by atoms with Gasteiger partial charge >= 0.3 is 0 Å². The van der Waals surface area contributed by atoms with E-state index in [4.69, 9.17) is 4.52 Å². The van der Waals surface area contributed by atoms with Crippen molar-refractivity contribution in [1.82, 2.24) is 15.0 Å². The van der Waals surface area contributed by atoms with Crippen molar-refractivity contribution in [3.05, 3.63) is 36.2 Å². The summed E-state index contributed by atoms with van der Waals surface area (Å²) in [4.78, 5) is 19.1. The predicted octanol–water partition coefficient (Wildman–Crippen LogP) is 2.80. The Bertz CT molecular complexity index is 1010. The molecule has 3 fully saturated rings. The summed E-state index contributed by atoms with van der Waals surface area (Å²) in [6, 6.07) is 9.49. The molecule has 7 nitrogen and oxygen atoms in total. The van der Waals surface area contributed by atoms with E-state index in [9.17, 15) is 13.2 Å². The molecule has 1 amide bonds. The van der Waals surface area contributed by atoms with E-state index in [1.54, 1.807) is 4.90 Å². The minimum Gasteiger partial charge on any atom is -0.339 e. The van der Waals surface area contributed by atoms with Crippen molar-refractivity contribution in [3.8, 4) is 11.4 Å². The Balaban J connectivity index is 1.38. The van der Waals surface area contributed by atoms with Gasteiger partial charge in [0, 0.05) is 24.6 Å². The summed E-state index contributed by atoms with van der Waals surface area (Å²) < 4.78 is 30.4. The van der Waals surface area contributed by atoms with Gasteiger partial charge in [-0.3, -0.25) is 4.79 Å². The number of hydrogen-bond donors (Lipinski definition) is 0. The minimum atomic E-state index is -3.32. The maximum absolute atomic E-state index is 12.9. The second-order valence-electron chi connectivity index (χ2n) is 8.58. The third-order valence-corrected chi connectivity index (χ3v) is 9.44. The fourth-order valence-electron chi connectivity index (χ4n) is 5.17. The first-order valence-corrected chi connectivity index (χ1v) is 12.1. The summed E-state index contributed by atoms with van der Waals surface area (Å²) in [6.45, 7) is 0.497. The number of aromatic nitrogens is 2. The number of benzene rings is 1. The molecule has 8 heteroatoms. The number of hydrogen-bond acceptors (Lipinski definition) is 6. The van der Waals surface area contributed by atoms with Crippen LogP contribution in [0, 0.1) is 5.92 Å². The highest BCUT2D eigenvalue weighted by molar-refractivity contribution is 7.93. The van der Waals surface area contributed by atoms with Gasteiger partial charge in [0.25, 0.3) is 0 Å². The van der Waals surface area contributed by atoms with E-state index >= 15 is 0 Å². The van der Waals surface area contributed by atoms with E-state index in [1.165, 1.54) is 6.42 Å². The van der Waals surface area contributed by atoms with Gasteiger partial charge in [-0.05, 0) is 19.3 Å². The Morgan fingerprint density at radius 3 is 2.52 bits per heavy atom. The average Bonchev–Trinajstić information content (AvgIpc) is 3.30. The zero-order valence-corrected chi connectivity index (χ0v) is 17.1. The second-order valence-corrected chi connectivity index (χ2v) is 11.0. The molecule has 0 N–H and O–H groups in total. The zero-order valence-electron chi connectivity index (χ0n) is 16.3. The molecule has 1 aromatic carbocycles. The largest absolute Gasteiger partial charge is 0.339 e. The quantitative estimate of drug-likeness (QED) is 0.765. The van der Waals surface area contributed by atoms with Crippen LogP contribution in [0.5, 0.6) is 0 Å². The van der Waals surface area contributed by atoms with Crippen LogP contribution in [0.25, 0.3) is 11.4 Å². The zero-order chi connectivity index (χ0) is 20.1. The van der Waals surface area contributed by atoms with E-state index in [2.05, 4.69) is 10.1 Å². The molecular weight excluding hydrogens is 390 g/mol.